The van der Waals surface area contributed by atoms with Crippen LogP contribution in [0.4, 0.5) is 33.1 Å². The second kappa shape index (κ2) is 7.87. The maximum absolute atomic E-state index is 13.4. The Morgan fingerprint density at radius 2 is 1.77 bits per heavy atom. The summed E-state index contributed by atoms with van der Waals surface area (Å²) >= 11 is 0. The summed E-state index contributed by atoms with van der Waals surface area (Å²) in [6.45, 7) is 0. The molecule has 31 heavy (non-hydrogen) atoms. The van der Waals surface area contributed by atoms with Crippen LogP contribution in [0.15, 0.2) is 79.1 Å². The van der Waals surface area contributed by atoms with Crippen molar-refractivity contribution >= 4 is 34.6 Å². The fourth-order valence-corrected chi connectivity index (χ4v) is 3.55. The van der Waals surface area contributed by atoms with E-state index < -0.39 is 5.82 Å². The summed E-state index contributed by atoms with van der Waals surface area (Å²) in [6, 6.07) is 21.0. The lowest BCUT2D eigenvalue weighted by Gasteiger charge is -2.22. The first-order valence-electron chi connectivity index (χ1n) is 9.78. The lowest BCUT2D eigenvalue weighted by Crippen LogP contribution is -2.13. The van der Waals surface area contributed by atoms with Crippen LogP contribution in [0.25, 0.3) is 0 Å². The number of amides is 1. The molecule has 1 amide bonds. The summed E-state index contributed by atoms with van der Waals surface area (Å²) in [6.07, 6.45) is 2.22. The molecule has 4 aromatic rings. The van der Waals surface area contributed by atoms with Gasteiger partial charge in [-0.3, -0.25) is 4.79 Å². The summed E-state index contributed by atoms with van der Waals surface area (Å²) in [7, 11) is 0. The van der Waals surface area contributed by atoms with Gasteiger partial charge in [0.15, 0.2) is 0 Å². The van der Waals surface area contributed by atoms with Crippen molar-refractivity contribution in [3.63, 3.8) is 0 Å². The minimum absolute atomic E-state index is 0.257. The molecule has 0 bridgehead atoms. The summed E-state index contributed by atoms with van der Waals surface area (Å²) < 4.78 is 13.4. The highest BCUT2D eigenvalue weighted by molar-refractivity contribution is 6.04. The van der Waals surface area contributed by atoms with Crippen LogP contribution in [0.3, 0.4) is 0 Å². The third kappa shape index (κ3) is 3.93. The number of benzene rings is 3. The Morgan fingerprint density at radius 1 is 0.935 bits per heavy atom. The first-order valence-corrected chi connectivity index (χ1v) is 9.78. The Bertz CT molecular complexity index is 1290. The number of halogens is 1. The Kier molecular flexibility index (Phi) is 4.76. The van der Waals surface area contributed by atoms with E-state index in [0.717, 1.165) is 22.8 Å². The van der Waals surface area contributed by atoms with E-state index in [0.29, 0.717) is 17.9 Å². The SMILES string of the molecule is O=C(Nc1cccc(Nc2ncnc3c2Cc2ccccc2N3)c1)c1cccc(F)c1. The Labute approximate surface area is 178 Å². The second-order valence-corrected chi connectivity index (χ2v) is 7.18. The van der Waals surface area contributed by atoms with Crippen LogP contribution < -0.4 is 16.0 Å². The van der Waals surface area contributed by atoms with Gasteiger partial charge in [0.2, 0.25) is 0 Å². The fourth-order valence-electron chi connectivity index (χ4n) is 3.55. The van der Waals surface area contributed by atoms with Gasteiger partial charge < -0.3 is 16.0 Å². The monoisotopic (exact) mass is 411 g/mol. The zero-order chi connectivity index (χ0) is 21.2. The lowest BCUT2D eigenvalue weighted by molar-refractivity contribution is 0.102. The Morgan fingerprint density at radius 3 is 2.68 bits per heavy atom. The number of rotatable bonds is 4. The van der Waals surface area contributed by atoms with Crippen LogP contribution in [0.5, 0.6) is 0 Å². The van der Waals surface area contributed by atoms with E-state index in [1.807, 2.05) is 30.3 Å². The van der Waals surface area contributed by atoms with E-state index in [1.165, 1.54) is 30.1 Å². The summed E-state index contributed by atoms with van der Waals surface area (Å²) in [4.78, 5) is 21.2. The van der Waals surface area contributed by atoms with Gasteiger partial charge in [-0.2, -0.15) is 0 Å². The third-order valence-electron chi connectivity index (χ3n) is 5.05. The zero-order valence-corrected chi connectivity index (χ0v) is 16.4. The number of carbonyl (C=O) groups excluding carboxylic acids is 1. The number of hydrogen-bond donors (Lipinski definition) is 3. The van der Waals surface area contributed by atoms with Gasteiger partial charge >= 0.3 is 0 Å². The fraction of sp³-hybridized carbons (Fsp3) is 0.0417. The minimum atomic E-state index is -0.452. The molecule has 6 nitrogen and oxygen atoms in total. The number of aromatic nitrogens is 2. The molecule has 3 N–H and O–H groups in total. The molecule has 0 radical (unpaired) electrons. The number of para-hydroxylation sites is 1. The molecule has 0 spiro atoms. The molecule has 0 aliphatic carbocycles. The van der Waals surface area contributed by atoms with Crippen molar-refractivity contribution in [2.24, 2.45) is 0 Å². The molecule has 0 fully saturated rings. The maximum atomic E-state index is 13.4. The normalized spacial score (nSPS) is 11.6. The van der Waals surface area contributed by atoms with Gasteiger partial charge in [-0.1, -0.05) is 30.3 Å². The second-order valence-electron chi connectivity index (χ2n) is 7.18. The molecule has 5 rings (SSSR count). The van der Waals surface area contributed by atoms with Gasteiger partial charge in [0.05, 0.1) is 0 Å². The van der Waals surface area contributed by atoms with Crippen LogP contribution in [0, 0.1) is 5.82 Å². The highest BCUT2D eigenvalue weighted by atomic mass is 19.1. The molecule has 0 unspecified atom stereocenters. The number of anilines is 5. The molecule has 7 heteroatoms. The molecular formula is C24H18FN5O. The highest BCUT2D eigenvalue weighted by Crippen LogP contribution is 2.35. The molecule has 1 aliphatic rings. The molecule has 0 saturated heterocycles. The summed E-state index contributed by atoms with van der Waals surface area (Å²) in [5, 5.41) is 9.47. The van der Waals surface area contributed by atoms with Crippen molar-refractivity contribution in [2.45, 2.75) is 6.42 Å². The maximum Gasteiger partial charge on any atom is 0.255 e. The van der Waals surface area contributed by atoms with Crippen LogP contribution in [-0.2, 0) is 6.42 Å². The number of nitrogens with zero attached hydrogens (tertiary/aromatic N) is 2. The van der Waals surface area contributed by atoms with Crippen molar-refractivity contribution in [3.05, 3.63) is 102 Å². The summed E-state index contributed by atoms with van der Waals surface area (Å²) in [5.74, 6) is 0.635. The topological polar surface area (TPSA) is 78.9 Å². The first kappa shape index (κ1) is 18.7. The van der Waals surface area contributed by atoms with E-state index >= 15 is 0 Å². The highest BCUT2D eigenvalue weighted by Gasteiger charge is 2.19. The Balaban J connectivity index is 1.37. The smallest absolute Gasteiger partial charge is 0.255 e. The van der Waals surface area contributed by atoms with Crippen LogP contribution >= 0.6 is 0 Å². The van der Waals surface area contributed by atoms with E-state index in [9.17, 15) is 9.18 Å². The van der Waals surface area contributed by atoms with Crippen molar-refractivity contribution in [1.29, 1.82) is 0 Å². The van der Waals surface area contributed by atoms with E-state index in [1.54, 1.807) is 18.2 Å². The number of fused-ring (bicyclic) bond motifs is 2. The van der Waals surface area contributed by atoms with Gasteiger partial charge in [-0.15, -0.1) is 0 Å². The first-order chi connectivity index (χ1) is 15.2. The van der Waals surface area contributed by atoms with Crippen LogP contribution in [0.1, 0.15) is 21.5 Å². The molecular weight excluding hydrogens is 393 g/mol. The van der Waals surface area contributed by atoms with E-state index in [-0.39, 0.29) is 11.5 Å². The predicted molar refractivity (Wildman–Crippen MR) is 119 cm³/mol. The molecule has 0 saturated carbocycles. The van der Waals surface area contributed by atoms with Gasteiger partial charge in [-0.25, -0.2) is 14.4 Å². The third-order valence-corrected chi connectivity index (χ3v) is 5.05. The van der Waals surface area contributed by atoms with Crippen LogP contribution in [-0.4, -0.2) is 15.9 Å². The quantitative estimate of drug-likeness (QED) is 0.376. The van der Waals surface area contributed by atoms with E-state index in [2.05, 4.69) is 32.0 Å². The molecule has 1 aromatic heterocycles. The predicted octanol–water partition coefficient (Wildman–Crippen LogP) is 5.26. The average Bonchev–Trinajstić information content (AvgIpc) is 2.78. The van der Waals surface area contributed by atoms with Gasteiger partial charge in [0.1, 0.15) is 23.8 Å². The van der Waals surface area contributed by atoms with Crippen molar-refractivity contribution < 1.29 is 9.18 Å². The van der Waals surface area contributed by atoms with Crippen molar-refractivity contribution in [1.82, 2.24) is 9.97 Å². The van der Waals surface area contributed by atoms with Gasteiger partial charge in [0.25, 0.3) is 5.91 Å². The molecule has 1 aliphatic heterocycles. The molecule has 0 atom stereocenters. The average molecular weight is 411 g/mol. The largest absolute Gasteiger partial charge is 0.340 e. The Hall–Kier alpha value is -4.26. The van der Waals surface area contributed by atoms with E-state index in [4.69, 9.17) is 0 Å². The minimum Gasteiger partial charge on any atom is -0.340 e. The lowest BCUT2D eigenvalue weighted by atomic mass is 10.00. The standard InChI is InChI=1S/C24H18FN5O/c25-17-7-3-6-16(11-17)24(31)29-19-9-4-8-18(13-19)28-22-20-12-15-5-1-2-10-21(15)30-23(20)27-14-26-22/h1-11,13-14H,12H2,(H,29,31)(H2,26,27,28,30). The van der Waals surface area contributed by atoms with Gasteiger partial charge in [0, 0.05) is 34.6 Å². The van der Waals surface area contributed by atoms with Crippen molar-refractivity contribution in [3.8, 4) is 0 Å². The molecule has 2 heterocycles. The summed E-state index contributed by atoms with van der Waals surface area (Å²) in [5.41, 5.74) is 4.79. The van der Waals surface area contributed by atoms with Gasteiger partial charge in [-0.05, 0) is 48.0 Å². The van der Waals surface area contributed by atoms with Crippen LogP contribution in [0.2, 0.25) is 0 Å². The molecule has 3 aromatic carbocycles. The number of hydrogen-bond acceptors (Lipinski definition) is 5. The zero-order valence-electron chi connectivity index (χ0n) is 16.4. The number of nitrogens with one attached hydrogen (secondary N) is 3. The van der Waals surface area contributed by atoms with Crippen molar-refractivity contribution in [2.75, 3.05) is 16.0 Å². The number of carbonyl (C=O) groups is 1. The molecule has 152 valence electrons.